The minimum Gasteiger partial charge on any atom is -0.369 e. The zero-order chi connectivity index (χ0) is 24.0. The quantitative estimate of drug-likeness (QED) is 0.291. The maximum Gasteiger partial charge on any atom is 0.163 e. The molecule has 0 radical (unpaired) electrons. The molecule has 0 aliphatic heterocycles. The molecule has 35 heavy (non-hydrogen) atoms. The Bertz CT molecular complexity index is 1340. The lowest BCUT2D eigenvalue weighted by atomic mass is 9.88. The van der Waals surface area contributed by atoms with Gasteiger partial charge in [-0.3, -0.25) is 0 Å². The van der Waals surface area contributed by atoms with Crippen LogP contribution in [0.25, 0.3) is 22.3 Å². The van der Waals surface area contributed by atoms with Gasteiger partial charge in [0.05, 0.1) is 5.52 Å². The Hall–Kier alpha value is -4.25. The first-order valence-electron chi connectivity index (χ1n) is 11.9. The van der Waals surface area contributed by atoms with Crippen molar-refractivity contribution in [2.45, 2.75) is 12.3 Å². The summed E-state index contributed by atoms with van der Waals surface area (Å²) in [5.41, 5.74) is 4.46. The molecule has 0 aliphatic carbocycles. The first-order valence-corrected chi connectivity index (χ1v) is 11.9. The highest BCUT2D eigenvalue weighted by Gasteiger charge is 2.15. The Kier molecular flexibility index (Phi) is 6.66. The van der Waals surface area contributed by atoms with E-state index < -0.39 is 0 Å². The van der Waals surface area contributed by atoms with E-state index >= 15 is 0 Å². The average Bonchev–Trinajstić information content (AvgIpc) is 2.92. The minimum absolute atomic E-state index is 0.306. The minimum atomic E-state index is 0.306. The van der Waals surface area contributed by atoms with Crippen LogP contribution < -0.4 is 10.2 Å². The molecule has 1 N–H and O–H groups in total. The molecule has 0 amide bonds. The lowest BCUT2D eigenvalue weighted by Gasteiger charge is -2.19. The number of para-hydroxylation sites is 1. The van der Waals surface area contributed by atoms with Crippen LogP contribution in [0.15, 0.2) is 103 Å². The van der Waals surface area contributed by atoms with Gasteiger partial charge in [0, 0.05) is 43.7 Å². The van der Waals surface area contributed by atoms with Crippen molar-refractivity contribution in [2.75, 3.05) is 30.9 Å². The topological polar surface area (TPSA) is 53.9 Å². The van der Waals surface area contributed by atoms with Gasteiger partial charge in [-0.1, -0.05) is 72.8 Å². The molecule has 2 heterocycles. The van der Waals surface area contributed by atoms with Crippen LogP contribution in [0.4, 0.5) is 11.6 Å². The Morgan fingerprint density at radius 3 is 2.03 bits per heavy atom. The number of hydrogen-bond acceptors (Lipinski definition) is 5. The van der Waals surface area contributed by atoms with Gasteiger partial charge in [0.15, 0.2) is 5.82 Å². The molecule has 0 unspecified atom stereocenters. The standard InChI is InChI=1S/C30H29N5/c1-35(2)28-18-17-24(21-32-28)29-33-27-16-10-9-15-26(27)30(34-29)31-20-19-25(22-11-5-3-6-12-22)23-13-7-4-8-14-23/h3-18,21,25H,19-20H2,1-2H3,(H,31,33,34). The van der Waals surface area contributed by atoms with Crippen LogP contribution in [0, 0.1) is 0 Å². The fourth-order valence-electron chi connectivity index (χ4n) is 4.35. The number of aromatic nitrogens is 3. The molecule has 0 saturated heterocycles. The molecular formula is C30H29N5. The van der Waals surface area contributed by atoms with Crippen molar-refractivity contribution in [2.24, 2.45) is 0 Å². The summed E-state index contributed by atoms with van der Waals surface area (Å²) >= 11 is 0. The van der Waals surface area contributed by atoms with Crippen LogP contribution in [-0.4, -0.2) is 35.6 Å². The predicted molar refractivity (Wildman–Crippen MR) is 145 cm³/mol. The number of anilines is 2. The molecule has 5 aromatic rings. The fourth-order valence-corrected chi connectivity index (χ4v) is 4.35. The lowest BCUT2D eigenvalue weighted by molar-refractivity contribution is 0.743. The number of benzene rings is 3. The second-order valence-corrected chi connectivity index (χ2v) is 8.80. The largest absolute Gasteiger partial charge is 0.369 e. The Balaban J connectivity index is 1.42. The van der Waals surface area contributed by atoms with Crippen molar-refractivity contribution < 1.29 is 0 Å². The van der Waals surface area contributed by atoms with Crippen LogP contribution in [0.2, 0.25) is 0 Å². The number of rotatable bonds is 8. The zero-order valence-electron chi connectivity index (χ0n) is 20.1. The van der Waals surface area contributed by atoms with Crippen LogP contribution in [0.1, 0.15) is 23.5 Å². The van der Waals surface area contributed by atoms with E-state index in [1.807, 2.05) is 55.5 Å². The normalized spacial score (nSPS) is 11.1. The van der Waals surface area contributed by atoms with Gasteiger partial charge in [-0.05, 0) is 41.8 Å². The predicted octanol–water partition coefficient (Wildman–Crippen LogP) is 6.39. The average molecular weight is 460 g/mol. The van der Waals surface area contributed by atoms with Gasteiger partial charge in [-0.2, -0.15) is 0 Å². The second-order valence-electron chi connectivity index (χ2n) is 8.80. The van der Waals surface area contributed by atoms with Crippen molar-refractivity contribution in [1.29, 1.82) is 0 Å². The van der Waals surface area contributed by atoms with E-state index in [1.165, 1.54) is 11.1 Å². The summed E-state index contributed by atoms with van der Waals surface area (Å²) in [5.74, 6) is 2.73. The number of fused-ring (bicyclic) bond motifs is 1. The van der Waals surface area contributed by atoms with E-state index in [0.29, 0.717) is 11.7 Å². The highest BCUT2D eigenvalue weighted by atomic mass is 15.1. The molecule has 3 aromatic carbocycles. The lowest BCUT2D eigenvalue weighted by Crippen LogP contribution is -2.11. The SMILES string of the molecule is CN(C)c1ccc(-c2nc(NCCC(c3ccccc3)c3ccccc3)c3ccccc3n2)cn1. The van der Waals surface area contributed by atoms with Crippen molar-refractivity contribution in [1.82, 2.24) is 15.0 Å². The number of nitrogens with zero attached hydrogens (tertiary/aromatic N) is 4. The third-order valence-electron chi connectivity index (χ3n) is 6.20. The summed E-state index contributed by atoms with van der Waals surface area (Å²) in [6, 6.07) is 33.6. The van der Waals surface area contributed by atoms with E-state index in [9.17, 15) is 0 Å². The molecule has 0 spiro atoms. The maximum absolute atomic E-state index is 4.91. The van der Waals surface area contributed by atoms with Crippen molar-refractivity contribution in [3.8, 4) is 11.4 Å². The van der Waals surface area contributed by atoms with Gasteiger partial charge in [-0.15, -0.1) is 0 Å². The molecule has 0 saturated carbocycles. The van der Waals surface area contributed by atoms with E-state index in [1.54, 1.807) is 0 Å². The highest BCUT2D eigenvalue weighted by Crippen LogP contribution is 2.29. The molecule has 174 valence electrons. The molecule has 5 rings (SSSR count). The smallest absolute Gasteiger partial charge is 0.163 e. The van der Waals surface area contributed by atoms with Crippen LogP contribution >= 0.6 is 0 Å². The fraction of sp³-hybridized carbons (Fsp3) is 0.167. The van der Waals surface area contributed by atoms with Gasteiger partial charge in [-0.25, -0.2) is 15.0 Å². The third-order valence-corrected chi connectivity index (χ3v) is 6.20. The molecule has 5 nitrogen and oxygen atoms in total. The second kappa shape index (κ2) is 10.3. The first kappa shape index (κ1) is 22.5. The first-order chi connectivity index (χ1) is 17.2. The summed E-state index contributed by atoms with van der Waals surface area (Å²) in [7, 11) is 3.96. The molecule has 0 atom stereocenters. The number of hydrogen-bond donors (Lipinski definition) is 1. The van der Waals surface area contributed by atoms with Gasteiger partial charge in [0.1, 0.15) is 11.6 Å². The Morgan fingerprint density at radius 1 is 0.743 bits per heavy atom. The number of nitrogens with one attached hydrogen (secondary N) is 1. The van der Waals surface area contributed by atoms with Gasteiger partial charge in [0.25, 0.3) is 0 Å². The van der Waals surface area contributed by atoms with E-state index in [-0.39, 0.29) is 0 Å². The summed E-state index contributed by atoms with van der Waals surface area (Å²) < 4.78 is 0. The molecule has 0 fully saturated rings. The van der Waals surface area contributed by atoms with E-state index in [0.717, 1.165) is 41.1 Å². The maximum atomic E-state index is 4.91. The highest BCUT2D eigenvalue weighted by molar-refractivity contribution is 5.90. The summed E-state index contributed by atoms with van der Waals surface area (Å²) in [5, 5.41) is 4.64. The molecule has 5 heteroatoms. The molecule has 2 aromatic heterocycles. The monoisotopic (exact) mass is 459 g/mol. The summed E-state index contributed by atoms with van der Waals surface area (Å²) in [6.07, 6.45) is 2.78. The number of pyridine rings is 1. The van der Waals surface area contributed by atoms with Gasteiger partial charge in [0.2, 0.25) is 0 Å². The van der Waals surface area contributed by atoms with E-state index in [2.05, 4.69) is 77.0 Å². The van der Waals surface area contributed by atoms with Crippen LogP contribution in [-0.2, 0) is 0 Å². The van der Waals surface area contributed by atoms with Crippen LogP contribution in [0.3, 0.4) is 0 Å². The van der Waals surface area contributed by atoms with Gasteiger partial charge >= 0.3 is 0 Å². The van der Waals surface area contributed by atoms with Crippen molar-refractivity contribution >= 4 is 22.5 Å². The van der Waals surface area contributed by atoms with Gasteiger partial charge < -0.3 is 10.2 Å². The Morgan fingerprint density at radius 2 is 1.40 bits per heavy atom. The van der Waals surface area contributed by atoms with Crippen LogP contribution in [0.5, 0.6) is 0 Å². The summed E-state index contributed by atoms with van der Waals surface area (Å²) in [6.45, 7) is 0.784. The Labute approximate surface area is 206 Å². The van der Waals surface area contributed by atoms with Crippen molar-refractivity contribution in [3.63, 3.8) is 0 Å². The third kappa shape index (κ3) is 5.14. The van der Waals surface area contributed by atoms with E-state index in [4.69, 9.17) is 9.97 Å². The molecular weight excluding hydrogens is 430 g/mol. The summed E-state index contributed by atoms with van der Waals surface area (Å²) in [4.78, 5) is 16.2. The molecule has 0 bridgehead atoms. The zero-order valence-corrected chi connectivity index (χ0v) is 20.1. The molecule has 0 aliphatic rings. The van der Waals surface area contributed by atoms with Crippen molar-refractivity contribution in [3.05, 3.63) is 114 Å².